The van der Waals surface area contributed by atoms with E-state index in [0.29, 0.717) is 21.7 Å². The minimum atomic E-state index is 0.0110. The predicted molar refractivity (Wildman–Crippen MR) is 108 cm³/mol. The first-order valence-corrected chi connectivity index (χ1v) is 9.65. The van der Waals surface area contributed by atoms with Crippen molar-refractivity contribution in [3.8, 4) is 17.1 Å². The minimum absolute atomic E-state index is 0.0110. The van der Waals surface area contributed by atoms with Crippen LogP contribution in [0.2, 0.25) is 5.02 Å². The van der Waals surface area contributed by atoms with Crippen LogP contribution in [0.4, 0.5) is 0 Å². The van der Waals surface area contributed by atoms with Gasteiger partial charge in [0.15, 0.2) is 16.8 Å². The van der Waals surface area contributed by atoms with Gasteiger partial charge in [0.2, 0.25) is 0 Å². The number of aromatic amines is 1. The number of benzene rings is 2. The summed E-state index contributed by atoms with van der Waals surface area (Å²) in [5, 5.41) is 10.00. The summed E-state index contributed by atoms with van der Waals surface area (Å²) in [5.74, 6) is 0.991. The number of hydrogen-bond donors (Lipinski definition) is 1. The molecule has 0 aliphatic carbocycles. The standard InChI is InChI=1S/C20H15ClN4OS/c21-15-8-10-16(11-9-15)25-19(14-5-2-1-3-6-14)23-24-20(25)27-13-18(26)17-7-4-12-22-17/h1-12,22H,13H2. The van der Waals surface area contributed by atoms with Crippen LogP contribution in [0.15, 0.2) is 78.1 Å². The summed E-state index contributed by atoms with van der Waals surface area (Å²) in [7, 11) is 0. The number of rotatable bonds is 6. The number of carbonyl (C=O) groups excluding carboxylic acids is 1. The molecule has 0 bridgehead atoms. The zero-order valence-electron chi connectivity index (χ0n) is 14.2. The van der Waals surface area contributed by atoms with Gasteiger partial charge in [0.25, 0.3) is 0 Å². The van der Waals surface area contributed by atoms with Crippen LogP contribution in [0.25, 0.3) is 17.1 Å². The molecule has 0 saturated carbocycles. The monoisotopic (exact) mass is 394 g/mol. The van der Waals surface area contributed by atoms with E-state index in [2.05, 4.69) is 15.2 Å². The van der Waals surface area contributed by atoms with Gasteiger partial charge in [-0.05, 0) is 36.4 Å². The topological polar surface area (TPSA) is 63.6 Å². The highest BCUT2D eigenvalue weighted by Crippen LogP contribution is 2.28. The Labute approximate surface area is 165 Å². The maximum absolute atomic E-state index is 12.3. The quantitative estimate of drug-likeness (QED) is 0.373. The molecule has 0 amide bonds. The molecule has 2 aromatic carbocycles. The molecule has 2 aromatic heterocycles. The number of thioether (sulfide) groups is 1. The Morgan fingerprint density at radius 1 is 1.00 bits per heavy atom. The van der Waals surface area contributed by atoms with E-state index in [4.69, 9.17) is 11.6 Å². The Kier molecular flexibility index (Phi) is 5.09. The molecular weight excluding hydrogens is 380 g/mol. The number of nitrogens with one attached hydrogen (secondary N) is 1. The van der Waals surface area contributed by atoms with Crippen molar-refractivity contribution in [2.45, 2.75) is 5.16 Å². The van der Waals surface area contributed by atoms with Crippen LogP contribution in [-0.2, 0) is 0 Å². The van der Waals surface area contributed by atoms with E-state index in [0.717, 1.165) is 11.3 Å². The Hall–Kier alpha value is -2.83. The van der Waals surface area contributed by atoms with Crippen molar-refractivity contribution in [3.05, 3.63) is 83.6 Å². The summed E-state index contributed by atoms with van der Waals surface area (Å²) in [6.07, 6.45) is 1.74. The van der Waals surface area contributed by atoms with Gasteiger partial charge in [-0.25, -0.2) is 0 Å². The van der Waals surface area contributed by atoms with Crippen molar-refractivity contribution in [2.75, 3.05) is 5.75 Å². The number of hydrogen-bond acceptors (Lipinski definition) is 4. The molecule has 27 heavy (non-hydrogen) atoms. The molecule has 0 spiro atoms. The predicted octanol–water partition coefficient (Wildman–Crippen LogP) is 4.89. The van der Waals surface area contributed by atoms with Gasteiger partial charge in [-0.3, -0.25) is 9.36 Å². The first-order valence-electron chi connectivity index (χ1n) is 8.28. The smallest absolute Gasteiger partial charge is 0.196 e. The molecule has 0 aliphatic heterocycles. The van der Waals surface area contributed by atoms with Crippen LogP contribution in [0.1, 0.15) is 10.5 Å². The van der Waals surface area contributed by atoms with Crippen LogP contribution >= 0.6 is 23.4 Å². The number of halogens is 1. The third-order valence-electron chi connectivity index (χ3n) is 3.98. The van der Waals surface area contributed by atoms with Crippen molar-refractivity contribution in [3.63, 3.8) is 0 Å². The summed E-state index contributed by atoms with van der Waals surface area (Å²) in [4.78, 5) is 15.3. The molecule has 0 saturated heterocycles. The third kappa shape index (κ3) is 3.82. The lowest BCUT2D eigenvalue weighted by Gasteiger charge is -2.10. The van der Waals surface area contributed by atoms with Crippen LogP contribution < -0.4 is 0 Å². The van der Waals surface area contributed by atoms with Crippen molar-refractivity contribution in [2.24, 2.45) is 0 Å². The fourth-order valence-corrected chi connectivity index (χ4v) is 3.63. The molecule has 0 fully saturated rings. The molecule has 4 aromatic rings. The lowest BCUT2D eigenvalue weighted by atomic mass is 10.2. The number of carbonyl (C=O) groups is 1. The van der Waals surface area contributed by atoms with Gasteiger partial charge in [0.1, 0.15) is 0 Å². The second kappa shape index (κ2) is 7.82. The van der Waals surface area contributed by atoms with E-state index in [1.165, 1.54) is 11.8 Å². The average molecular weight is 395 g/mol. The van der Waals surface area contributed by atoms with Crippen molar-refractivity contribution in [1.82, 2.24) is 19.7 Å². The summed E-state index contributed by atoms with van der Waals surface area (Å²) in [5.41, 5.74) is 2.42. The van der Waals surface area contributed by atoms with Crippen molar-refractivity contribution in [1.29, 1.82) is 0 Å². The zero-order chi connectivity index (χ0) is 18.6. The molecular formula is C20H15ClN4OS. The molecule has 0 atom stereocenters. The molecule has 4 rings (SSSR count). The molecule has 5 nitrogen and oxygen atoms in total. The fraction of sp³-hybridized carbons (Fsp3) is 0.0500. The second-order valence-electron chi connectivity index (χ2n) is 5.78. The van der Waals surface area contributed by atoms with Crippen molar-refractivity contribution < 1.29 is 4.79 Å². The molecule has 0 radical (unpaired) electrons. The Balaban J connectivity index is 1.70. The largest absolute Gasteiger partial charge is 0.359 e. The van der Waals surface area contributed by atoms with Gasteiger partial charge in [-0.15, -0.1) is 10.2 Å². The van der Waals surface area contributed by atoms with Crippen LogP contribution in [0, 0.1) is 0 Å². The summed E-state index contributed by atoms with van der Waals surface area (Å²) < 4.78 is 1.94. The van der Waals surface area contributed by atoms with E-state index in [1.54, 1.807) is 12.3 Å². The van der Waals surface area contributed by atoms with Crippen LogP contribution in [0.5, 0.6) is 0 Å². The first-order chi connectivity index (χ1) is 13.2. The number of ketones is 1. The summed E-state index contributed by atoms with van der Waals surface area (Å²) >= 11 is 7.39. The highest BCUT2D eigenvalue weighted by molar-refractivity contribution is 7.99. The van der Waals surface area contributed by atoms with E-state index in [-0.39, 0.29) is 11.5 Å². The highest BCUT2D eigenvalue weighted by Gasteiger charge is 2.17. The van der Waals surface area contributed by atoms with E-state index in [9.17, 15) is 4.79 Å². The molecule has 2 heterocycles. The van der Waals surface area contributed by atoms with E-state index in [1.807, 2.05) is 65.2 Å². The van der Waals surface area contributed by atoms with Gasteiger partial charge in [0.05, 0.1) is 11.4 Å². The lowest BCUT2D eigenvalue weighted by molar-refractivity contribution is 0.101. The fourth-order valence-electron chi connectivity index (χ4n) is 2.67. The highest BCUT2D eigenvalue weighted by atomic mass is 35.5. The Morgan fingerprint density at radius 3 is 2.48 bits per heavy atom. The van der Waals surface area contributed by atoms with Crippen LogP contribution in [0.3, 0.4) is 0 Å². The first kappa shape index (κ1) is 17.6. The maximum Gasteiger partial charge on any atom is 0.196 e. The average Bonchev–Trinajstić information content (AvgIpc) is 3.38. The zero-order valence-corrected chi connectivity index (χ0v) is 15.7. The molecule has 0 unspecified atom stereocenters. The third-order valence-corrected chi connectivity index (χ3v) is 5.16. The number of nitrogens with zero attached hydrogens (tertiary/aromatic N) is 3. The molecule has 1 N–H and O–H groups in total. The normalized spacial score (nSPS) is 10.9. The number of H-pyrrole nitrogens is 1. The molecule has 7 heteroatoms. The molecule has 0 aliphatic rings. The number of aromatic nitrogens is 4. The summed E-state index contributed by atoms with van der Waals surface area (Å²) in [6.45, 7) is 0. The minimum Gasteiger partial charge on any atom is -0.359 e. The summed E-state index contributed by atoms with van der Waals surface area (Å²) in [6, 6.07) is 20.9. The van der Waals surface area contributed by atoms with Crippen molar-refractivity contribution >= 4 is 29.1 Å². The van der Waals surface area contributed by atoms with Gasteiger partial charge < -0.3 is 4.98 Å². The van der Waals surface area contributed by atoms with E-state index < -0.39 is 0 Å². The lowest BCUT2D eigenvalue weighted by Crippen LogP contribution is -2.05. The van der Waals surface area contributed by atoms with E-state index >= 15 is 0 Å². The van der Waals surface area contributed by atoms with Gasteiger partial charge >= 0.3 is 0 Å². The van der Waals surface area contributed by atoms with Gasteiger partial charge in [-0.2, -0.15) is 0 Å². The second-order valence-corrected chi connectivity index (χ2v) is 7.16. The van der Waals surface area contributed by atoms with Gasteiger partial charge in [-0.1, -0.05) is 53.7 Å². The van der Waals surface area contributed by atoms with Gasteiger partial charge in [0, 0.05) is 22.5 Å². The maximum atomic E-state index is 12.3. The Morgan fingerprint density at radius 2 is 1.78 bits per heavy atom. The SMILES string of the molecule is O=C(CSc1nnc(-c2ccccc2)n1-c1ccc(Cl)cc1)c1ccc[nH]1. The molecule has 134 valence electrons. The number of Topliss-reactive ketones (excluding diaryl/α,β-unsaturated/α-hetero) is 1. The van der Waals surface area contributed by atoms with Crippen LogP contribution in [-0.4, -0.2) is 31.3 Å². The Bertz CT molecular complexity index is 1040.